The van der Waals surface area contributed by atoms with Gasteiger partial charge in [-0.05, 0) is 35.2 Å². The lowest BCUT2D eigenvalue weighted by Gasteiger charge is -2.28. The van der Waals surface area contributed by atoms with E-state index in [1.54, 1.807) is 23.1 Å². The van der Waals surface area contributed by atoms with Crippen LogP contribution in [-0.4, -0.2) is 27.4 Å². The van der Waals surface area contributed by atoms with E-state index in [1.807, 2.05) is 24.3 Å². The predicted molar refractivity (Wildman–Crippen MR) is 118 cm³/mol. The van der Waals surface area contributed by atoms with E-state index in [0.29, 0.717) is 47.2 Å². The summed E-state index contributed by atoms with van der Waals surface area (Å²) in [5, 5.41) is 2.89. The lowest BCUT2D eigenvalue weighted by molar-refractivity contribution is 0.205. The molecule has 2 amide bonds. The monoisotopic (exact) mass is 420 g/mol. The molecule has 0 aliphatic carbocycles. The number of rotatable bonds is 4. The number of hydrogen-bond acceptors (Lipinski definition) is 3. The highest BCUT2D eigenvalue weighted by atomic mass is 19.1. The number of aromatic amines is 1. The Bertz CT molecular complexity index is 1150. The number of carbonyl (C=O) groups excluding carboxylic acids is 1. The molecule has 160 valence electrons. The molecule has 1 aliphatic rings. The van der Waals surface area contributed by atoms with Crippen LogP contribution in [0, 0.1) is 5.82 Å². The van der Waals surface area contributed by atoms with E-state index in [-0.39, 0.29) is 30.4 Å². The van der Waals surface area contributed by atoms with Gasteiger partial charge in [-0.1, -0.05) is 44.2 Å². The van der Waals surface area contributed by atoms with Gasteiger partial charge in [-0.25, -0.2) is 14.2 Å². The number of amides is 2. The highest BCUT2D eigenvalue weighted by Crippen LogP contribution is 2.19. The van der Waals surface area contributed by atoms with Crippen molar-refractivity contribution in [3.8, 4) is 0 Å². The Kier molecular flexibility index (Phi) is 5.84. The number of halogens is 1. The third-order valence-corrected chi connectivity index (χ3v) is 5.55. The van der Waals surface area contributed by atoms with Crippen molar-refractivity contribution in [1.29, 1.82) is 0 Å². The Morgan fingerprint density at radius 3 is 2.65 bits per heavy atom. The molecule has 0 spiro atoms. The molecule has 2 N–H and O–H groups in total. The Morgan fingerprint density at radius 2 is 1.94 bits per heavy atom. The summed E-state index contributed by atoms with van der Waals surface area (Å²) in [6.07, 6.45) is 0.689. The molecule has 1 aromatic heterocycles. The summed E-state index contributed by atoms with van der Waals surface area (Å²) in [5.74, 6) is 0.523. The van der Waals surface area contributed by atoms with Gasteiger partial charge in [0.05, 0.1) is 17.8 Å². The Hall–Kier alpha value is -3.48. The number of hydrogen-bond donors (Lipinski definition) is 2. The van der Waals surface area contributed by atoms with Gasteiger partial charge in [0, 0.05) is 25.1 Å². The molecule has 3 aromatic rings. The third kappa shape index (κ3) is 4.66. The SMILES string of the molecule is CC(C)c1ccc(NC(=O)N2CCc3nc(Cc4ccccc4F)[nH]c(=O)c3C2)cc1. The molecule has 2 heterocycles. The summed E-state index contributed by atoms with van der Waals surface area (Å²) >= 11 is 0. The van der Waals surface area contributed by atoms with Gasteiger partial charge in [-0.3, -0.25) is 4.79 Å². The van der Waals surface area contributed by atoms with Gasteiger partial charge in [0.25, 0.3) is 5.56 Å². The van der Waals surface area contributed by atoms with E-state index in [4.69, 9.17) is 0 Å². The highest BCUT2D eigenvalue weighted by Gasteiger charge is 2.25. The molecule has 0 saturated heterocycles. The zero-order valence-corrected chi connectivity index (χ0v) is 17.6. The van der Waals surface area contributed by atoms with Crippen LogP contribution in [-0.2, 0) is 19.4 Å². The molecule has 7 heteroatoms. The molecule has 0 unspecified atom stereocenters. The number of urea groups is 1. The zero-order chi connectivity index (χ0) is 22.0. The molecule has 0 fully saturated rings. The van der Waals surface area contributed by atoms with Crippen LogP contribution in [0.2, 0.25) is 0 Å². The number of carbonyl (C=O) groups is 1. The van der Waals surface area contributed by atoms with Gasteiger partial charge in [-0.2, -0.15) is 0 Å². The molecule has 0 atom stereocenters. The van der Waals surface area contributed by atoms with E-state index in [2.05, 4.69) is 29.1 Å². The Morgan fingerprint density at radius 1 is 1.19 bits per heavy atom. The maximum Gasteiger partial charge on any atom is 0.322 e. The minimum atomic E-state index is -0.327. The first-order valence-electron chi connectivity index (χ1n) is 10.4. The van der Waals surface area contributed by atoms with Gasteiger partial charge >= 0.3 is 6.03 Å². The normalized spacial score (nSPS) is 13.2. The fourth-order valence-electron chi connectivity index (χ4n) is 3.71. The highest BCUT2D eigenvalue weighted by molar-refractivity contribution is 5.89. The molecule has 1 aliphatic heterocycles. The van der Waals surface area contributed by atoms with Gasteiger partial charge in [-0.15, -0.1) is 0 Å². The van der Waals surface area contributed by atoms with Crippen molar-refractivity contribution in [3.63, 3.8) is 0 Å². The fourth-order valence-corrected chi connectivity index (χ4v) is 3.71. The molecule has 4 rings (SSSR count). The van der Waals surface area contributed by atoms with Crippen LogP contribution in [0.25, 0.3) is 0 Å². The smallest absolute Gasteiger partial charge is 0.320 e. The third-order valence-electron chi connectivity index (χ3n) is 5.55. The Balaban J connectivity index is 1.46. The van der Waals surface area contributed by atoms with Crippen LogP contribution in [0.1, 0.15) is 48.0 Å². The van der Waals surface area contributed by atoms with Crippen molar-refractivity contribution >= 4 is 11.7 Å². The van der Waals surface area contributed by atoms with Crippen molar-refractivity contribution in [2.45, 2.75) is 39.2 Å². The first-order valence-corrected chi connectivity index (χ1v) is 10.4. The minimum absolute atomic E-state index is 0.188. The van der Waals surface area contributed by atoms with Crippen LogP contribution in [0.5, 0.6) is 0 Å². The lowest BCUT2D eigenvalue weighted by atomic mass is 10.0. The number of nitrogens with zero attached hydrogens (tertiary/aromatic N) is 2. The minimum Gasteiger partial charge on any atom is -0.320 e. The van der Waals surface area contributed by atoms with Crippen molar-refractivity contribution in [2.75, 3.05) is 11.9 Å². The molecule has 0 radical (unpaired) electrons. The van der Waals surface area contributed by atoms with Crippen LogP contribution in [0.15, 0.2) is 53.3 Å². The number of fused-ring (bicyclic) bond motifs is 1. The van der Waals surface area contributed by atoms with E-state index < -0.39 is 0 Å². The van der Waals surface area contributed by atoms with Gasteiger partial charge in [0.2, 0.25) is 0 Å². The number of aromatic nitrogens is 2. The van der Waals surface area contributed by atoms with E-state index in [1.165, 1.54) is 11.6 Å². The predicted octanol–water partition coefficient (Wildman–Crippen LogP) is 4.21. The second-order valence-electron chi connectivity index (χ2n) is 8.08. The molecule has 2 aromatic carbocycles. The molecule has 6 nitrogen and oxygen atoms in total. The quantitative estimate of drug-likeness (QED) is 0.664. The lowest BCUT2D eigenvalue weighted by Crippen LogP contribution is -2.42. The number of nitrogens with one attached hydrogen (secondary N) is 2. The van der Waals surface area contributed by atoms with Crippen molar-refractivity contribution in [3.05, 3.63) is 92.9 Å². The van der Waals surface area contributed by atoms with Crippen molar-refractivity contribution in [2.24, 2.45) is 0 Å². The zero-order valence-electron chi connectivity index (χ0n) is 17.6. The summed E-state index contributed by atoms with van der Waals surface area (Å²) in [7, 11) is 0. The van der Waals surface area contributed by atoms with E-state index >= 15 is 0 Å². The average Bonchev–Trinajstić information content (AvgIpc) is 2.75. The molecule has 31 heavy (non-hydrogen) atoms. The largest absolute Gasteiger partial charge is 0.322 e. The first-order chi connectivity index (χ1) is 14.9. The molecular formula is C24H25FN4O2. The topological polar surface area (TPSA) is 78.1 Å². The standard InChI is InChI=1S/C24H25FN4O2/c1-15(2)16-7-9-18(10-8-16)26-24(31)29-12-11-21-19(14-29)23(30)28-22(27-21)13-17-5-3-4-6-20(17)25/h3-10,15H,11-14H2,1-2H3,(H,26,31)(H,27,28,30). The maximum atomic E-state index is 13.9. The maximum absolute atomic E-state index is 13.9. The van der Waals surface area contributed by atoms with Gasteiger partial charge < -0.3 is 15.2 Å². The van der Waals surface area contributed by atoms with Crippen LogP contribution < -0.4 is 10.9 Å². The second-order valence-corrected chi connectivity index (χ2v) is 8.08. The average molecular weight is 420 g/mol. The number of benzene rings is 2. The molecule has 0 saturated carbocycles. The summed E-state index contributed by atoms with van der Waals surface area (Å²) < 4.78 is 13.9. The fraction of sp³-hybridized carbons (Fsp3) is 0.292. The molecule has 0 bridgehead atoms. The molecular weight excluding hydrogens is 395 g/mol. The number of anilines is 1. The van der Waals surface area contributed by atoms with Crippen LogP contribution >= 0.6 is 0 Å². The Labute approximate surface area is 180 Å². The first kappa shape index (κ1) is 20.8. The summed E-state index contributed by atoms with van der Waals surface area (Å²) in [6, 6.07) is 13.9. The number of H-pyrrole nitrogens is 1. The van der Waals surface area contributed by atoms with Gasteiger partial charge in [0.1, 0.15) is 11.6 Å². The van der Waals surface area contributed by atoms with Crippen LogP contribution in [0.3, 0.4) is 0 Å². The summed E-state index contributed by atoms with van der Waals surface area (Å²) in [6.45, 7) is 4.88. The summed E-state index contributed by atoms with van der Waals surface area (Å²) in [4.78, 5) is 34.2. The van der Waals surface area contributed by atoms with Crippen LogP contribution in [0.4, 0.5) is 14.9 Å². The van der Waals surface area contributed by atoms with E-state index in [9.17, 15) is 14.0 Å². The van der Waals surface area contributed by atoms with Crippen molar-refractivity contribution < 1.29 is 9.18 Å². The van der Waals surface area contributed by atoms with Gasteiger partial charge in [0.15, 0.2) is 0 Å². The summed E-state index contributed by atoms with van der Waals surface area (Å²) in [5.41, 5.74) is 3.26. The second kappa shape index (κ2) is 8.71. The van der Waals surface area contributed by atoms with Crippen molar-refractivity contribution in [1.82, 2.24) is 14.9 Å². The van der Waals surface area contributed by atoms with E-state index in [0.717, 1.165) is 0 Å².